The van der Waals surface area contributed by atoms with Crippen LogP contribution >= 0.6 is 0 Å². The van der Waals surface area contributed by atoms with Crippen LogP contribution in [0.4, 0.5) is 13.2 Å². The SMILES string of the molecule is O=C(O)CCN(C(=O)C1CCCCC1C(F)(F)F)C1CC1. The summed E-state index contributed by atoms with van der Waals surface area (Å²) in [6.07, 6.45) is -1.69. The molecule has 120 valence electrons. The summed E-state index contributed by atoms with van der Waals surface area (Å²) in [7, 11) is 0. The van der Waals surface area contributed by atoms with Crippen LogP contribution in [0.5, 0.6) is 0 Å². The van der Waals surface area contributed by atoms with E-state index in [-0.39, 0.29) is 31.8 Å². The Hall–Kier alpha value is -1.27. The lowest BCUT2D eigenvalue weighted by atomic mass is 9.78. The molecule has 0 aromatic heterocycles. The Bertz CT molecular complexity index is 407. The van der Waals surface area contributed by atoms with Crippen molar-refractivity contribution >= 4 is 11.9 Å². The molecule has 7 heteroatoms. The van der Waals surface area contributed by atoms with E-state index in [9.17, 15) is 22.8 Å². The molecule has 0 spiro atoms. The fourth-order valence-corrected chi connectivity index (χ4v) is 3.11. The highest BCUT2D eigenvalue weighted by Gasteiger charge is 2.50. The molecular formula is C14H20F3NO3. The average molecular weight is 307 g/mol. The van der Waals surface area contributed by atoms with E-state index in [1.54, 1.807) is 0 Å². The highest BCUT2D eigenvalue weighted by Crippen LogP contribution is 2.43. The number of carbonyl (C=O) groups excluding carboxylic acids is 1. The van der Waals surface area contributed by atoms with Gasteiger partial charge in [-0.2, -0.15) is 13.2 Å². The van der Waals surface area contributed by atoms with Crippen LogP contribution in [0.1, 0.15) is 44.9 Å². The topological polar surface area (TPSA) is 57.6 Å². The number of rotatable bonds is 5. The first kappa shape index (κ1) is 16.1. The molecule has 2 fully saturated rings. The Morgan fingerprint density at radius 3 is 2.24 bits per heavy atom. The van der Waals surface area contributed by atoms with E-state index < -0.39 is 29.9 Å². The third-order valence-corrected chi connectivity index (χ3v) is 4.34. The fraction of sp³-hybridized carbons (Fsp3) is 0.857. The van der Waals surface area contributed by atoms with Crippen LogP contribution in [0.3, 0.4) is 0 Å². The maximum absolute atomic E-state index is 13.1. The Kier molecular flexibility index (Phi) is 4.78. The summed E-state index contributed by atoms with van der Waals surface area (Å²) in [5, 5.41) is 8.72. The maximum Gasteiger partial charge on any atom is 0.392 e. The van der Waals surface area contributed by atoms with Crippen molar-refractivity contribution in [3.05, 3.63) is 0 Å². The first-order valence-electron chi connectivity index (χ1n) is 7.39. The molecule has 4 nitrogen and oxygen atoms in total. The molecule has 21 heavy (non-hydrogen) atoms. The summed E-state index contributed by atoms with van der Waals surface area (Å²) in [4.78, 5) is 24.5. The molecule has 2 saturated carbocycles. The summed E-state index contributed by atoms with van der Waals surface area (Å²) in [5.74, 6) is -4.15. The summed E-state index contributed by atoms with van der Waals surface area (Å²) < 4.78 is 39.2. The Morgan fingerprint density at radius 1 is 1.10 bits per heavy atom. The lowest BCUT2D eigenvalue weighted by Gasteiger charge is -2.35. The van der Waals surface area contributed by atoms with E-state index in [0.29, 0.717) is 12.8 Å². The van der Waals surface area contributed by atoms with Gasteiger partial charge < -0.3 is 10.0 Å². The third-order valence-electron chi connectivity index (χ3n) is 4.34. The lowest BCUT2D eigenvalue weighted by Crippen LogP contribution is -2.46. The van der Waals surface area contributed by atoms with E-state index in [2.05, 4.69) is 0 Å². The average Bonchev–Trinajstić information content (AvgIpc) is 3.22. The van der Waals surface area contributed by atoms with Gasteiger partial charge in [0, 0.05) is 18.5 Å². The molecule has 0 aromatic rings. The molecule has 1 amide bonds. The van der Waals surface area contributed by atoms with E-state index in [0.717, 1.165) is 12.8 Å². The summed E-state index contributed by atoms with van der Waals surface area (Å²) in [6.45, 7) is 0.0138. The van der Waals surface area contributed by atoms with Crippen molar-refractivity contribution in [2.75, 3.05) is 6.54 Å². The molecule has 0 heterocycles. The number of hydrogen-bond acceptors (Lipinski definition) is 2. The molecule has 2 aliphatic carbocycles. The standard InChI is InChI=1S/C14H20F3NO3/c15-14(16,17)11-4-2-1-3-10(11)13(21)18(9-5-6-9)8-7-12(19)20/h9-11H,1-8H2,(H,19,20). The second-order valence-corrected chi connectivity index (χ2v) is 5.95. The third kappa shape index (κ3) is 4.11. The fourth-order valence-electron chi connectivity index (χ4n) is 3.11. The van der Waals surface area contributed by atoms with Crippen LogP contribution in [0.2, 0.25) is 0 Å². The summed E-state index contributed by atoms with van der Waals surface area (Å²) >= 11 is 0. The van der Waals surface area contributed by atoms with Gasteiger partial charge in [0.1, 0.15) is 0 Å². The van der Waals surface area contributed by atoms with Crippen LogP contribution in [-0.2, 0) is 9.59 Å². The molecule has 2 atom stereocenters. The summed E-state index contributed by atoms with van der Waals surface area (Å²) in [6, 6.07) is -0.0624. The molecule has 2 unspecified atom stereocenters. The van der Waals surface area contributed by atoms with Crippen molar-refractivity contribution < 1.29 is 27.9 Å². The minimum atomic E-state index is -4.36. The van der Waals surface area contributed by atoms with Crippen LogP contribution in [0.15, 0.2) is 0 Å². The predicted octanol–water partition coefficient (Wildman–Crippen LogP) is 2.82. The highest BCUT2D eigenvalue weighted by molar-refractivity contribution is 5.80. The lowest BCUT2D eigenvalue weighted by molar-refractivity contribution is -0.201. The second-order valence-electron chi connectivity index (χ2n) is 5.95. The molecule has 1 N–H and O–H groups in total. The van der Waals surface area contributed by atoms with Gasteiger partial charge in [0.15, 0.2) is 0 Å². The number of halogens is 3. The van der Waals surface area contributed by atoms with Gasteiger partial charge in [0.25, 0.3) is 0 Å². The van der Waals surface area contributed by atoms with Crippen molar-refractivity contribution in [2.45, 2.75) is 57.2 Å². The molecule has 0 aromatic carbocycles. The Morgan fingerprint density at radius 2 is 1.71 bits per heavy atom. The highest BCUT2D eigenvalue weighted by atomic mass is 19.4. The minimum absolute atomic E-state index is 0.00264. The van der Waals surface area contributed by atoms with Crippen molar-refractivity contribution in [1.29, 1.82) is 0 Å². The van der Waals surface area contributed by atoms with Crippen molar-refractivity contribution in [1.82, 2.24) is 4.90 Å². The first-order valence-corrected chi connectivity index (χ1v) is 7.39. The monoisotopic (exact) mass is 307 g/mol. The molecule has 0 saturated heterocycles. The number of carbonyl (C=O) groups is 2. The zero-order valence-corrected chi connectivity index (χ0v) is 11.7. The van der Waals surface area contributed by atoms with E-state index in [1.807, 2.05) is 0 Å². The number of carboxylic acid groups (broad SMARTS) is 1. The van der Waals surface area contributed by atoms with Crippen molar-refractivity contribution in [3.63, 3.8) is 0 Å². The van der Waals surface area contributed by atoms with Crippen LogP contribution < -0.4 is 0 Å². The van der Waals surface area contributed by atoms with Crippen molar-refractivity contribution in [2.24, 2.45) is 11.8 Å². The van der Waals surface area contributed by atoms with Gasteiger partial charge in [-0.25, -0.2) is 0 Å². The van der Waals surface area contributed by atoms with Crippen LogP contribution in [0, 0.1) is 11.8 Å². The summed E-state index contributed by atoms with van der Waals surface area (Å²) in [5.41, 5.74) is 0. The number of carboxylic acids is 1. The van der Waals surface area contributed by atoms with E-state index >= 15 is 0 Å². The van der Waals surface area contributed by atoms with Gasteiger partial charge in [-0.1, -0.05) is 12.8 Å². The van der Waals surface area contributed by atoms with E-state index in [1.165, 1.54) is 4.90 Å². The number of alkyl halides is 3. The number of amides is 1. The number of hydrogen-bond donors (Lipinski definition) is 1. The van der Waals surface area contributed by atoms with Gasteiger partial charge in [0.05, 0.1) is 12.3 Å². The predicted molar refractivity (Wildman–Crippen MR) is 68.5 cm³/mol. The molecule has 2 rings (SSSR count). The zero-order chi connectivity index (χ0) is 15.6. The van der Waals surface area contributed by atoms with Gasteiger partial charge >= 0.3 is 12.1 Å². The minimum Gasteiger partial charge on any atom is -0.481 e. The smallest absolute Gasteiger partial charge is 0.392 e. The maximum atomic E-state index is 13.1. The number of aliphatic carboxylic acids is 1. The van der Waals surface area contributed by atoms with Gasteiger partial charge in [0.2, 0.25) is 5.91 Å². The molecule has 2 aliphatic rings. The van der Waals surface area contributed by atoms with E-state index in [4.69, 9.17) is 5.11 Å². The molecule has 0 bridgehead atoms. The first-order chi connectivity index (χ1) is 9.80. The normalized spacial score (nSPS) is 26.4. The number of nitrogens with zero attached hydrogens (tertiary/aromatic N) is 1. The molecule has 0 aliphatic heterocycles. The Labute approximate surface area is 121 Å². The molecule has 0 radical (unpaired) electrons. The van der Waals surface area contributed by atoms with Crippen LogP contribution in [-0.4, -0.2) is 40.6 Å². The Balaban J connectivity index is 2.08. The second kappa shape index (κ2) is 6.23. The zero-order valence-electron chi connectivity index (χ0n) is 11.7. The van der Waals surface area contributed by atoms with Gasteiger partial charge in [-0.3, -0.25) is 9.59 Å². The van der Waals surface area contributed by atoms with Gasteiger partial charge in [-0.15, -0.1) is 0 Å². The quantitative estimate of drug-likeness (QED) is 0.849. The van der Waals surface area contributed by atoms with Gasteiger partial charge in [-0.05, 0) is 25.7 Å². The molecular weight excluding hydrogens is 287 g/mol. The van der Waals surface area contributed by atoms with Crippen LogP contribution in [0.25, 0.3) is 0 Å². The largest absolute Gasteiger partial charge is 0.481 e. The van der Waals surface area contributed by atoms with Crippen molar-refractivity contribution in [3.8, 4) is 0 Å².